The standard InChI is InChI=1S/C30H32N4O3/c1-19-15-24(30(31)36)23-8-4-6-10-28(23)34(19)18-29(35)33-16-25(20-11-13-21(37-2)14-12-20)26-17-32-27-9-5-3-7-22(26)27/h3-14,17,19,24-25,32H,15-16,18H2,1-2H3,(H2,31,36)(H,33,35)/t19-,24-,25+/m0/s1. The molecule has 37 heavy (non-hydrogen) atoms. The van der Waals surface area contributed by atoms with Crippen molar-refractivity contribution in [2.75, 3.05) is 25.1 Å². The smallest absolute Gasteiger partial charge is 0.239 e. The van der Waals surface area contributed by atoms with Crippen molar-refractivity contribution in [2.45, 2.75) is 31.2 Å². The molecule has 4 N–H and O–H groups in total. The number of hydrogen-bond donors (Lipinski definition) is 3. The summed E-state index contributed by atoms with van der Waals surface area (Å²) in [5.74, 6) is 0.00243. The van der Waals surface area contributed by atoms with Gasteiger partial charge >= 0.3 is 0 Å². The van der Waals surface area contributed by atoms with E-state index >= 15 is 0 Å². The molecule has 0 spiro atoms. The van der Waals surface area contributed by atoms with Crippen molar-refractivity contribution in [3.8, 4) is 5.75 Å². The Kier molecular flexibility index (Phi) is 6.86. The summed E-state index contributed by atoms with van der Waals surface area (Å²) in [5.41, 5.74) is 10.7. The van der Waals surface area contributed by atoms with Crippen LogP contribution >= 0.6 is 0 Å². The molecule has 0 saturated heterocycles. The maximum absolute atomic E-state index is 13.3. The number of para-hydroxylation sites is 2. The second-order valence-electron chi connectivity index (χ2n) is 9.65. The first-order chi connectivity index (χ1) is 18.0. The molecular weight excluding hydrogens is 464 g/mol. The number of anilines is 1. The zero-order valence-corrected chi connectivity index (χ0v) is 21.1. The molecular formula is C30H32N4O3. The van der Waals surface area contributed by atoms with E-state index in [-0.39, 0.29) is 36.2 Å². The first kappa shape index (κ1) is 24.4. The van der Waals surface area contributed by atoms with E-state index in [1.165, 1.54) is 0 Å². The molecule has 1 aliphatic rings. The zero-order valence-electron chi connectivity index (χ0n) is 21.1. The van der Waals surface area contributed by atoms with E-state index in [9.17, 15) is 9.59 Å². The molecule has 0 saturated carbocycles. The molecule has 3 atom stereocenters. The fourth-order valence-corrected chi connectivity index (χ4v) is 5.44. The SMILES string of the molecule is COc1ccc([C@@H](CNC(=O)CN2c3ccccc3[C@@H](C(N)=O)C[C@@H]2C)c2c[nH]c3ccccc23)cc1. The molecule has 0 radical (unpaired) electrons. The van der Waals surface area contributed by atoms with Gasteiger partial charge in [0, 0.05) is 41.3 Å². The van der Waals surface area contributed by atoms with Crippen molar-refractivity contribution in [1.82, 2.24) is 10.3 Å². The molecule has 0 bridgehead atoms. The van der Waals surface area contributed by atoms with Gasteiger partial charge in [0.05, 0.1) is 19.6 Å². The first-order valence-electron chi connectivity index (χ1n) is 12.6. The molecule has 190 valence electrons. The van der Waals surface area contributed by atoms with Crippen LogP contribution in [-0.4, -0.2) is 43.0 Å². The Morgan fingerprint density at radius 1 is 1.08 bits per heavy atom. The van der Waals surface area contributed by atoms with E-state index < -0.39 is 0 Å². The molecule has 5 rings (SSSR count). The van der Waals surface area contributed by atoms with Crippen LogP contribution in [-0.2, 0) is 9.59 Å². The number of aromatic nitrogens is 1. The number of aromatic amines is 1. The van der Waals surface area contributed by atoms with Crippen LogP contribution < -0.4 is 20.7 Å². The van der Waals surface area contributed by atoms with Crippen molar-refractivity contribution in [2.24, 2.45) is 5.73 Å². The monoisotopic (exact) mass is 496 g/mol. The number of fused-ring (bicyclic) bond motifs is 2. The second kappa shape index (κ2) is 10.4. The van der Waals surface area contributed by atoms with Gasteiger partial charge in [-0.1, -0.05) is 48.5 Å². The van der Waals surface area contributed by atoms with Crippen molar-refractivity contribution < 1.29 is 14.3 Å². The Morgan fingerprint density at radius 2 is 1.81 bits per heavy atom. The third-order valence-electron chi connectivity index (χ3n) is 7.41. The third kappa shape index (κ3) is 4.89. The summed E-state index contributed by atoms with van der Waals surface area (Å²) < 4.78 is 5.34. The van der Waals surface area contributed by atoms with Crippen molar-refractivity contribution in [3.63, 3.8) is 0 Å². The Labute approximate surface area is 216 Å². The number of rotatable bonds is 8. The molecule has 2 amide bonds. The lowest BCUT2D eigenvalue weighted by atomic mass is 9.85. The first-order valence-corrected chi connectivity index (χ1v) is 12.6. The van der Waals surface area contributed by atoms with Gasteiger partial charge in [0.25, 0.3) is 0 Å². The van der Waals surface area contributed by atoms with Crippen LogP contribution in [0.25, 0.3) is 10.9 Å². The minimum Gasteiger partial charge on any atom is -0.497 e. The van der Waals surface area contributed by atoms with Crippen molar-refractivity contribution >= 4 is 28.4 Å². The maximum atomic E-state index is 13.3. The molecule has 2 heterocycles. The van der Waals surface area contributed by atoms with Crippen LogP contribution in [0.4, 0.5) is 5.69 Å². The van der Waals surface area contributed by atoms with E-state index in [0.717, 1.165) is 39.0 Å². The number of nitrogens with one attached hydrogen (secondary N) is 2. The summed E-state index contributed by atoms with van der Waals surface area (Å²) in [5, 5.41) is 4.31. The van der Waals surface area contributed by atoms with E-state index in [1.807, 2.05) is 73.8 Å². The van der Waals surface area contributed by atoms with Gasteiger partial charge in [0.15, 0.2) is 0 Å². The summed E-state index contributed by atoms with van der Waals surface area (Å²) in [7, 11) is 1.65. The van der Waals surface area contributed by atoms with Gasteiger partial charge < -0.3 is 25.7 Å². The number of carbonyl (C=O) groups is 2. The Hall–Kier alpha value is -4.26. The van der Waals surface area contributed by atoms with Gasteiger partial charge in [0.2, 0.25) is 11.8 Å². The van der Waals surface area contributed by atoms with Gasteiger partial charge in [-0.05, 0) is 54.3 Å². The number of H-pyrrole nitrogens is 1. The summed E-state index contributed by atoms with van der Waals surface area (Å²) in [6.07, 6.45) is 2.61. The average Bonchev–Trinajstić information content (AvgIpc) is 3.34. The fourth-order valence-electron chi connectivity index (χ4n) is 5.44. The van der Waals surface area contributed by atoms with Gasteiger partial charge in [-0.3, -0.25) is 9.59 Å². The summed E-state index contributed by atoms with van der Waals surface area (Å²) in [6, 6.07) is 23.9. The Bertz CT molecular complexity index is 1410. The van der Waals surface area contributed by atoms with E-state index in [4.69, 9.17) is 10.5 Å². The molecule has 7 heteroatoms. The Balaban J connectivity index is 1.37. The van der Waals surface area contributed by atoms with Crippen LogP contribution in [0, 0.1) is 0 Å². The number of benzene rings is 3. The highest BCUT2D eigenvalue weighted by Crippen LogP contribution is 2.38. The topological polar surface area (TPSA) is 100 Å². The van der Waals surface area contributed by atoms with Crippen molar-refractivity contribution in [1.29, 1.82) is 0 Å². The number of nitrogens with two attached hydrogens (primary N) is 1. The number of ether oxygens (including phenoxy) is 1. The predicted molar refractivity (Wildman–Crippen MR) is 146 cm³/mol. The van der Waals surface area contributed by atoms with Crippen LogP contribution in [0.3, 0.4) is 0 Å². The normalized spacial score (nSPS) is 17.7. The van der Waals surface area contributed by atoms with Crippen molar-refractivity contribution in [3.05, 3.63) is 95.7 Å². The number of methoxy groups -OCH3 is 1. The number of primary amides is 1. The summed E-state index contributed by atoms with van der Waals surface area (Å²) >= 11 is 0. The average molecular weight is 497 g/mol. The zero-order chi connectivity index (χ0) is 25.9. The van der Waals surface area contributed by atoms with Crippen LogP contribution in [0.1, 0.15) is 41.9 Å². The molecule has 0 aliphatic carbocycles. The molecule has 0 fully saturated rings. The number of carbonyl (C=O) groups excluding carboxylic acids is 2. The highest BCUT2D eigenvalue weighted by Gasteiger charge is 2.33. The maximum Gasteiger partial charge on any atom is 0.239 e. The van der Waals surface area contributed by atoms with Gasteiger partial charge in [-0.25, -0.2) is 0 Å². The van der Waals surface area contributed by atoms with Gasteiger partial charge in [0.1, 0.15) is 5.75 Å². The van der Waals surface area contributed by atoms with Gasteiger partial charge in [-0.2, -0.15) is 0 Å². The number of hydrogen-bond acceptors (Lipinski definition) is 4. The number of amides is 2. The van der Waals surface area contributed by atoms with E-state index in [0.29, 0.717) is 13.0 Å². The highest BCUT2D eigenvalue weighted by molar-refractivity contribution is 5.88. The molecule has 0 unspecified atom stereocenters. The molecule has 4 aromatic rings. The lowest BCUT2D eigenvalue weighted by molar-refractivity contribution is -0.120. The number of nitrogens with zero attached hydrogens (tertiary/aromatic N) is 1. The molecule has 1 aromatic heterocycles. The quantitative estimate of drug-likeness (QED) is 0.339. The van der Waals surface area contributed by atoms with Crippen LogP contribution in [0.15, 0.2) is 79.0 Å². The summed E-state index contributed by atoms with van der Waals surface area (Å²) in [6.45, 7) is 2.68. The largest absolute Gasteiger partial charge is 0.497 e. The van der Waals surface area contributed by atoms with Gasteiger partial charge in [-0.15, -0.1) is 0 Å². The predicted octanol–water partition coefficient (Wildman–Crippen LogP) is 4.29. The third-order valence-corrected chi connectivity index (χ3v) is 7.41. The summed E-state index contributed by atoms with van der Waals surface area (Å²) in [4.78, 5) is 30.8. The Morgan fingerprint density at radius 3 is 2.57 bits per heavy atom. The highest BCUT2D eigenvalue weighted by atomic mass is 16.5. The van der Waals surface area contributed by atoms with Crippen LogP contribution in [0.5, 0.6) is 5.75 Å². The lowest BCUT2D eigenvalue weighted by Gasteiger charge is -2.39. The second-order valence-corrected chi connectivity index (χ2v) is 9.65. The van der Waals surface area contributed by atoms with Crippen LogP contribution in [0.2, 0.25) is 0 Å². The molecule has 7 nitrogen and oxygen atoms in total. The fraction of sp³-hybridized carbons (Fsp3) is 0.267. The minimum atomic E-state index is -0.341. The lowest BCUT2D eigenvalue weighted by Crippen LogP contribution is -2.47. The minimum absolute atomic E-state index is 0.00384. The van der Waals surface area contributed by atoms with E-state index in [1.54, 1.807) is 7.11 Å². The molecule has 1 aliphatic heterocycles. The van der Waals surface area contributed by atoms with E-state index in [2.05, 4.69) is 27.3 Å². The molecule has 3 aromatic carbocycles.